The van der Waals surface area contributed by atoms with E-state index in [1.807, 2.05) is 33.0 Å². The molecule has 1 aromatic rings. The number of halogens is 1. The van der Waals surface area contributed by atoms with Gasteiger partial charge in [-0.05, 0) is 67.1 Å². The minimum absolute atomic E-state index is 0.360. The van der Waals surface area contributed by atoms with E-state index in [1.54, 1.807) is 0 Å². The Labute approximate surface area is 129 Å². The number of carbonyl (C=O) groups excluding carboxylic acids is 1. The van der Waals surface area contributed by atoms with Crippen LogP contribution in [0.4, 0.5) is 4.79 Å². The summed E-state index contributed by atoms with van der Waals surface area (Å²) in [5, 5.41) is 2.79. The molecule has 0 saturated heterocycles. The molecule has 0 aliphatic carbocycles. The molecule has 1 unspecified atom stereocenters. The second-order valence-electron chi connectivity index (χ2n) is 5.74. The molecule has 1 N–H and O–H groups in total. The monoisotopic (exact) mass is 342 g/mol. The average molecular weight is 343 g/mol. The highest BCUT2D eigenvalue weighted by Crippen LogP contribution is 2.23. The van der Waals surface area contributed by atoms with Crippen molar-refractivity contribution in [3.63, 3.8) is 0 Å². The van der Waals surface area contributed by atoms with E-state index in [1.165, 1.54) is 5.56 Å². The molecule has 1 atom stereocenters. The maximum Gasteiger partial charge on any atom is 0.407 e. The van der Waals surface area contributed by atoms with Crippen molar-refractivity contribution in [1.82, 2.24) is 10.3 Å². The van der Waals surface area contributed by atoms with E-state index in [-0.39, 0.29) is 6.09 Å². The number of amides is 1. The molecule has 0 fully saturated rings. The molecule has 4 nitrogen and oxygen atoms in total. The van der Waals surface area contributed by atoms with E-state index < -0.39 is 5.60 Å². The van der Waals surface area contributed by atoms with Crippen molar-refractivity contribution >= 4 is 22.0 Å². The summed E-state index contributed by atoms with van der Waals surface area (Å²) in [6.07, 6.45) is 3.41. The first kappa shape index (κ1) is 17.0. The van der Waals surface area contributed by atoms with Gasteiger partial charge in [0.25, 0.3) is 0 Å². The van der Waals surface area contributed by atoms with Crippen LogP contribution in [0.3, 0.4) is 0 Å². The topological polar surface area (TPSA) is 51.2 Å². The van der Waals surface area contributed by atoms with Crippen LogP contribution in [-0.4, -0.2) is 23.2 Å². The summed E-state index contributed by atoms with van der Waals surface area (Å²) in [5.74, 6) is 0.394. The predicted molar refractivity (Wildman–Crippen MR) is 83.8 cm³/mol. The number of rotatable bonds is 5. The van der Waals surface area contributed by atoms with E-state index >= 15 is 0 Å². The van der Waals surface area contributed by atoms with Gasteiger partial charge in [0, 0.05) is 12.7 Å². The Morgan fingerprint density at radius 3 is 2.65 bits per heavy atom. The Morgan fingerprint density at radius 2 is 2.15 bits per heavy atom. The molecule has 0 bridgehead atoms. The summed E-state index contributed by atoms with van der Waals surface area (Å²) < 4.78 is 6.04. The van der Waals surface area contributed by atoms with Crippen LogP contribution in [0.15, 0.2) is 22.9 Å². The van der Waals surface area contributed by atoms with Crippen LogP contribution in [0.1, 0.15) is 52.0 Å². The maximum atomic E-state index is 11.6. The first-order chi connectivity index (χ1) is 9.31. The molecule has 0 saturated carbocycles. The number of hydrogen-bond donors (Lipinski definition) is 1. The van der Waals surface area contributed by atoms with Gasteiger partial charge >= 0.3 is 6.09 Å². The van der Waals surface area contributed by atoms with Gasteiger partial charge in [-0.3, -0.25) is 0 Å². The highest BCUT2D eigenvalue weighted by Gasteiger charge is 2.16. The summed E-state index contributed by atoms with van der Waals surface area (Å²) >= 11 is 3.33. The highest BCUT2D eigenvalue weighted by molar-refractivity contribution is 9.10. The van der Waals surface area contributed by atoms with Gasteiger partial charge in [-0.25, -0.2) is 9.78 Å². The first-order valence-corrected chi connectivity index (χ1v) is 7.69. The summed E-state index contributed by atoms with van der Waals surface area (Å²) in [7, 11) is 0. The molecule has 1 rings (SSSR count). The molecule has 5 heteroatoms. The third-order valence-corrected chi connectivity index (χ3v) is 3.34. The van der Waals surface area contributed by atoms with E-state index in [9.17, 15) is 4.79 Å². The van der Waals surface area contributed by atoms with Crippen molar-refractivity contribution < 1.29 is 9.53 Å². The molecule has 1 heterocycles. The fraction of sp³-hybridized carbons (Fsp3) is 0.600. The van der Waals surface area contributed by atoms with Crippen LogP contribution in [0.2, 0.25) is 0 Å². The number of aromatic nitrogens is 1. The molecule has 112 valence electrons. The fourth-order valence-corrected chi connectivity index (χ4v) is 2.13. The molecule has 1 aromatic heterocycles. The van der Waals surface area contributed by atoms with Gasteiger partial charge in [-0.15, -0.1) is 0 Å². The summed E-state index contributed by atoms with van der Waals surface area (Å²) in [6.45, 7) is 8.31. The zero-order valence-electron chi connectivity index (χ0n) is 12.6. The zero-order chi connectivity index (χ0) is 15.2. The quantitative estimate of drug-likeness (QED) is 0.813. The van der Waals surface area contributed by atoms with Crippen LogP contribution >= 0.6 is 15.9 Å². The summed E-state index contributed by atoms with van der Waals surface area (Å²) in [4.78, 5) is 15.8. The Balaban J connectivity index is 2.42. The van der Waals surface area contributed by atoms with Crippen LogP contribution in [-0.2, 0) is 4.74 Å². The van der Waals surface area contributed by atoms with Gasteiger partial charge in [-0.1, -0.05) is 13.0 Å². The molecule has 0 radical (unpaired) electrons. The van der Waals surface area contributed by atoms with E-state index in [0.29, 0.717) is 12.5 Å². The Hall–Kier alpha value is -1.10. The molecule has 0 aliphatic heterocycles. The minimum Gasteiger partial charge on any atom is -0.444 e. The number of carbonyl (C=O) groups is 1. The third kappa shape index (κ3) is 6.37. The molecular formula is C15H23BrN2O2. The molecule has 20 heavy (non-hydrogen) atoms. The maximum absolute atomic E-state index is 11.6. The SMILES string of the molecule is CCC(CCNC(=O)OC(C)(C)C)c1ccc(Br)nc1. The van der Waals surface area contributed by atoms with Crippen molar-refractivity contribution in [2.24, 2.45) is 0 Å². The lowest BCUT2D eigenvalue weighted by atomic mass is 9.95. The fourth-order valence-electron chi connectivity index (χ4n) is 1.90. The smallest absolute Gasteiger partial charge is 0.407 e. The normalized spacial score (nSPS) is 12.8. The second-order valence-corrected chi connectivity index (χ2v) is 6.55. The lowest BCUT2D eigenvalue weighted by molar-refractivity contribution is 0.0526. The molecule has 0 aliphatic rings. The zero-order valence-corrected chi connectivity index (χ0v) is 14.2. The summed E-state index contributed by atoms with van der Waals surface area (Å²) in [5.41, 5.74) is 0.742. The number of alkyl carbamates (subject to hydrolysis) is 1. The highest BCUT2D eigenvalue weighted by atomic mass is 79.9. The first-order valence-electron chi connectivity index (χ1n) is 6.90. The van der Waals surface area contributed by atoms with Crippen molar-refractivity contribution in [1.29, 1.82) is 0 Å². The molecule has 1 amide bonds. The minimum atomic E-state index is -0.454. The summed E-state index contributed by atoms with van der Waals surface area (Å²) in [6, 6.07) is 4.01. The Morgan fingerprint density at radius 1 is 1.45 bits per heavy atom. The number of ether oxygens (including phenoxy) is 1. The lowest BCUT2D eigenvalue weighted by Crippen LogP contribution is -2.33. The molecular weight excluding hydrogens is 320 g/mol. The standard InChI is InChI=1S/C15H23BrN2O2/c1-5-11(12-6-7-13(16)18-10-12)8-9-17-14(19)20-15(2,3)4/h6-7,10-11H,5,8-9H2,1-4H3,(H,17,19). The van der Waals surface area contributed by atoms with Gasteiger partial charge in [0.05, 0.1) is 0 Å². The largest absolute Gasteiger partial charge is 0.444 e. The predicted octanol–water partition coefficient (Wildman–Crippen LogP) is 4.25. The number of pyridine rings is 1. The van der Waals surface area contributed by atoms with Crippen molar-refractivity contribution in [2.45, 2.75) is 52.1 Å². The van der Waals surface area contributed by atoms with Crippen molar-refractivity contribution in [3.8, 4) is 0 Å². The van der Waals surface area contributed by atoms with Crippen LogP contribution < -0.4 is 5.32 Å². The van der Waals surface area contributed by atoms with E-state index in [2.05, 4.69) is 39.2 Å². The average Bonchev–Trinajstić information content (AvgIpc) is 2.34. The lowest BCUT2D eigenvalue weighted by Gasteiger charge is -2.20. The number of hydrogen-bond acceptors (Lipinski definition) is 3. The van der Waals surface area contributed by atoms with Gasteiger partial charge in [0.2, 0.25) is 0 Å². The van der Waals surface area contributed by atoms with Crippen LogP contribution in [0.25, 0.3) is 0 Å². The van der Waals surface area contributed by atoms with E-state index in [4.69, 9.17) is 4.74 Å². The number of nitrogens with zero attached hydrogens (tertiary/aromatic N) is 1. The Kier molecular flexibility index (Phi) is 6.46. The van der Waals surface area contributed by atoms with Crippen LogP contribution in [0.5, 0.6) is 0 Å². The Bertz CT molecular complexity index is 426. The van der Waals surface area contributed by atoms with Gasteiger partial charge in [-0.2, -0.15) is 0 Å². The van der Waals surface area contributed by atoms with Gasteiger partial charge in [0.15, 0.2) is 0 Å². The van der Waals surface area contributed by atoms with Gasteiger partial charge in [0.1, 0.15) is 10.2 Å². The number of nitrogens with one attached hydrogen (secondary N) is 1. The van der Waals surface area contributed by atoms with Crippen molar-refractivity contribution in [2.75, 3.05) is 6.54 Å². The molecule has 0 aromatic carbocycles. The molecule has 0 spiro atoms. The van der Waals surface area contributed by atoms with Crippen molar-refractivity contribution in [3.05, 3.63) is 28.5 Å². The van der Waals surface area contributed by atoms with Crippen LogP contribution in [0, 0.1) is 0 Å². The third-order valence-electron chi connectivity index (χ3n) is 2.88. The van der Waals surface area contributed by atoms with E-state index in [0.717, 1.165) is 17.4 Å². The van der Waals surface area contributed by atoms with Gasteiger partial charge < -0.3 is 10.1 Å². The second kappa shape index (κ2) is 7.62.